The Morgan fingerprint density at radius 1 is 1.12 bits per heavy atom. The number of hydrogen-bond donors (Lipinski definition) is 2. The molecule has 1 amide bonds. The number of aromatic nitrogens is 1. The van der Waals surface area contributed by atoms with Gasteiger partial charge in [-0.1, -0.05) is 23.8 Å². The first-order chi connectivity index (χ1) is 15.9. The molecule has 0 unspecified atom stereocenters. The lowest BCUT2D eigenvalue weighted by Crippen LogP contribution is -2.22. The van der Waals surface area contributed by atoms with Crippen molar-refractivity contribution in [2.45, 2.75) is 26.8 Å². The minimum absolute atomic E-state index is 0.0408. The Morgan fingerprint density at radius 2 is 1.85 bits per heavy atom. The summed E-state index contributed by atoms with van der Waals surface area (Å²) < 4.78 is 15.8. The van der Waals surface area contributed by atoms with Crippen molar-refractivity contribution >= 4 is 23.1 Å². The molecule has 0 aliphatic heterocycles. The van der Waals surface area contributed by atoms with E-state index in [9.17, 15) is 9.90 Å². The van der Waals surface area contributed by atoms with Crippen LogP contribution < -0.4 is 14.8 Å². The molecule has 4 rings (SSSR count). The minimum atomic E-state index is -0.0950. The lowest BCUT2D eigenvalue weighted by molar-refractivity contribution is -0.120. The summed E-state index contributed by atoms with van der Waals surface area (Å²) in [6.07, 6.45) is 5.19. The van der Waals surface area contributed by atoms with Crippen molar-refractivity contribution in [1.82, 2.24) is 10.3 Å². The monoisotopic (exact) mass is 446 g/mol. The molecule has 1 heterocycles. The molecule has 0 radical (unpaired) electrons. The molecule has 3 aromatic rings. The molecular formula is C26H26N2O5. The molecule has 7 nitrogen and oxygen atoms in total. The number of carbonyl (C=O) groups excluding carboxylic acids is 1. The van der Waals surface area contributed by atoms with E-state index in [-0.39, 0.29) is 18.1 Å². The Bertz CT molecular complexity index is 1230. The summed E-state index contributed by atoms with van der Waals surface area (Å²) in [5.41, 5.74) is 7.06. The zero-order valence-electron chi connectivity index (χ0n) is 19.1. The van der Waals surface area contributed by atoms with Crippen LogP contribution in [0.1, 0.15) is 41.4 Å². The average Bonchev–Trinajstić information content (AvgIpc) is 3.41. The van der Waals surface area contributed by atoms with Crippen molar-refractivity contribution in [2.75, 3.05) is 14.2 Å². The number of hydrogen-bond acceptors (Lipinski definition) is 6. The van der Waals surface area contributed by atoms with E-state index in [0.717, 1.165) is 39.0 Å². The fourth-order valence-electron chi connectivity index (χ4n) is 4.02. The second-order valence-electron chi connectivity index (χ2n) is 7.91. The average molecular weight is 447 g/mol. The summed E-state index contributed by atoms with van der Waals surface area (Å²) in [6.45, 7) is 4.35. The van der Waals surface area contributed by atoms with Crippen LogP contribution in [0.2, 0.25) is 0 Å². The van der Waals surface area contributed by atoms with E-state index < -0.39 is 0 Å². The van der Waals surface area contributed by atoms with Crippen LogP contribution in [0.4, 0.5) is 0 Å². The molecule has 7 heteroatoms. The van der Waals surface area contributed by atoms with Crippen LogP contribution in [0.25, 0.3) is 17.2 Å². The minimum Gasteiger partial charge on any atom is -0.502 e. The topological polar surface area (TPSA) is 93.8 Å². The number of fused-ring (bicyclic) bond motifs is 1. The van der Waals surface area contributed by atoms with Crippen LogP contribution in [0.5, 0.6) is 17.2 Å². The van der Waals surface area contributed by atoms with E-state index in [1.54, 1.807) is 18.3 Å². The number of nitrogens with one attached hydrogen (secondary N) is 1. The van der Waals surface area contributed by atoms with E-state index in [1.165, 1.54) is 20.6 Å². The molecule has 2 aromatic carbocycles. The highest BCUT2D eigenvalue weighted by molar-refractivity contribution is 6.08. The Balaban J connectivity index is 1.70. The molecule has 0 bridgehead atoms. The summed E-state index contributed by atoms with van der Waals surface area (Å²) in [7, 11) is 3.00. The van der Waals surface area contributed by atoms with Gasteiger partial charge in [0.15, 0.2) is 17.9 Å². The molecule has 0 fully saturated rings. The zero-order valence-corrected chi connectivity index (χ0v) is 19.1. The largest absolute Gasteiger partial charge is 0.502 e. The van der Waals surface area contributed by atoms with E-state index in [1.807, 2.05) is 19.9 Å². The number of carbonyl (C=O) groups is 1. The van der Waals surface area contributed by atoms with Crippen molar-refractivity contribution in [2.24, 2.45) is 0 Å². The third-order valence-electron chi connectivity index (χ3n) is 5.74. The Labute approximate surface area is 192 Å². The Hall–Kier alpha value is -4.00. The second kappa shape index (κ2) is 9.24. The van der Waals surface area contributed by atoms with Gasteiger partial charge in [0, 0.05) is 0 Å². The number of benzene rings is 2. The molecule has 0 atom stereocenters. The molecule has 0 spiro atoms. The van der Waals surface area contributed by atoms with Gasteiger partial charge in [-0.2, -0.15) is 0 Å². The van der Waals surface area contributed by atoms with Crippen molar-refractivity contribution in [1.29, 1.82) is 0 Å². The lowest BCUT2D eigenvalue weighted by atomic mass is 9.98. The highest BCUT2D eigenvalue weighted by Crippen LogP contribution is 2.45. The fourth-order valence-corrected chi connectivity index (χ4v) is 4.02. The number of amides is 1. The van der Waals surface area contributed by atoms with Crippen LogP contribution in [0.3, 0.4) is 0 Å². The van der Waals surface area contributed by atoms with E-state index in [2.05, 4.69) is 28.5 Å². The molecular weight excluding hydrogens is 420 g/mol. The first-order valence-corrected chi connectivity index (χ1v) is 10.5. The molecule has 33 heavy (non-hydrogen) atoms. The van der Waals surface area contributed by atoms with Crippen LogP contribution in [0.15, 0.2) is 52.9 Å². The van der Waals surface area contributed by atoms with E-state index >= 15 is 0 Å². The van der Waals surface area contributed by atoms with Gasteiger partial charge in [-0.05, 0) is 65.5 Å². The molecule has 1 aliphatic carbocycles. The number of nitrogens with zero attached hydrogens (tertiary/aromatic N) is 1. The standard InChI is InChI=1S/C26H26N2O5/c1-15-5-6-19-20(8-17-9-23(31-3)26(30)24(10-17)32-4)16(2)21(22(19)7-15)11-25(29)28-13-18-12-27-14-33-18/h5-10,12,14,30H,11,13H2,1-4H3,(H,28,29)/b20-8-. The van der Waals surface area contributed by atoms with Crippen molar-refractivity contribution in [3.63, 3.8) is 0 Å². The van der Waals surface area contributed by atoms with Gasteiger partial charge < -0.3 is 24.3 Å². The number of ether oxygens (including phenoxy) is 2. The first-order valence-electron chi connectivity index (χ1n) is 10.5. The predicted octanol–water partition coefficient (Wildman–Crippen LogP) is 4.74. The van der Waals surface area contributed by atoms with Gasteiger partial charge in [-0.3, -0.25) is 4.79 Å². The number of aryl methyl sites for hydroxylation is 1. The third kappa shape index (κ3) is 4.48. The lowest BCUT2D eigenvalue weighted by Gasteiger charge is -2.11. The maximum absolute atomic E-state index is 12.7. The van der Waals surface area contributed by atoms with Gasteiger partial charge in [0.05, 0.1) is 33.4 Å². The van der Waals surface area contributed by atoms with Crippen LogP contribution in [-0.2, 0) is 11.3 Å². The van der Waals surface area contributed by atoms with E-state index in [4.69, 9.17) is 13.9 Å². The number of phenolic OH excluding ortho intramolecular Hbond substituents is 1. The molecule has 0 saturated heterocycles. The van der Waals surface area contributed by atoms with Crippen molar-refractivity contribution in [3.05, 3.63) is 76.5 Å². The van der Waals surface area contributed by atoms with Gasteiger partial charge in [0.25, 0.3) is 0 Å². The highest BCUT2D eigenvalue weighted by Gasteiger charge is 2.25. The third-order valence-corrected chi connectivity index (χ3v) is 5.74. The van der Waals surface area contributed by atoms with Crippen molar-refractivity contribution < 1.29 is 23.8 Å². The Kier molecular flexibility index (Phi) is 6.22. The summed E-state index contributed by atoms with van der Waals surface area (Å²) in [5, 5.41) is 13.1. The number of allylic oxidation sites excluding steroid dienone is 2. The number of aromatic hydroxyl groups is 1. The molecule has 1 aliphatic rings. The number of methoxy groups -OCH3 is 2. The molecule has 2 N–H and O–H groups in total. The zero-order chi connectivity index (χ0) is 23.5. The molecule has 0 saturated carbocycles. The SMILES string of the molecule is COc1cc(/C=C2/C(C)=C(CC(=O)NCc3cnco3)c3cc(C)ccc32)cc(OC)c1O. The maximum Gasteiger partial charge on any atom is 0.224 e. The molecule has 170 valence electrons. The van der Waals surface area contributed by atoms with Gasteiger partial charge >= 0.3 is 0 Å². The summed E-state index contributed by atoms with van der Waals surface area (Å²) in [6, 6.07) is 9.76. The van der Waals surface area contributed by atoms with Crippen LogP contribution in [-0.4, -0.2) is 30.2 Å². The summed E-state index contributed by atoms with van der Waals surface area (Å²) in [4.78, 5) is 16.6. The highest BCUT2D eigenvalue weighted by atomic mass is 16.5. The number of oxazole rings is 1. The molecule has 1 aromatic heterocycles. The van der Waals surface area contributed by atoms with Gasteiger partial charge in [-0.15, -0.1) is 0 Å². The Morgan fingerprint density at radius 3 is 2.48 bits per heavy atom. The van der Waals surface area contributed by atoms with Gasteiger partial charge in [0.2, 0.25) is 11.7 Å². The van der Waals surface area contributed by atoms with Gasteiger partial charge in [-0.25, -0.2) is 4.98 Å². The van der Waals surface area contributed by atoms with Gasteiger partial charge in [0.1, 0.15) is 5.76 Å². The normalized spacial score (nSPS) is 13.9. The van der Waals surface area contributed by atoms with Crippen LogP contribution in [0, 0.1) is 6.92 Å². The quantitative estimate of drug-likeness (QED) is 0.545. The summed E-state index contributed by atoms with van der Waals surface area (Å²) in [5.74, 6) is 1.13. The smallest absolute Gasteiger partial charge is 0.224 e. The van der Waals surface area contributed by atoms with Crippen molar-refractivity contribution in [3.8, 4) is 17.2 Å². The second-order valence-corrected chi connectivity index (χ2v) is 7.91. The predicted molar refractivity (Wildman–Crippen MR) is 126 cm³/mol. The number of rotatable bonds is 7. The van der Waals surface area contributed by atoms with E-state index in [0.29, 0.717) is 23.8 Å². The van der Waals surface area contributed by atoms with Crippen LogP contribution >= 0.6 is 0 Å². The summed E-state index contributed by atoms with van der Waals surface area (Å²) >= 11 is 0. The fraction of sp³-hybridized carbons (Fsp3) is 0.231. The number of phenols is 1. The maximum atomic E-state index is 12.7. The first kappa shape index (κ1) is 22.2.